The summed E-state index contributed by atoms with van der Waals surface area (Å²) in [6, 6.07) is 16.1. The van der Waals surface area contributed by atoms with Gasteiger partial charge in [-0.1, -0.05) is 44.2 Å². The first kappa shape index (κ1) is 17.0. The summed E-state index contributed by atoms with van der Waals surface area (Å²) < 4.78 is 0. The van der Waals surface area contributed by atoms with Crippen LogP contribution in [0.25, 0.3) is 21.9 Å². The van der Waals surface area contributed by atoms with Gasteiger partial charge in [-0.3, -0.25) is 9.59 Å². The molecule has 0 unspecified atom stereocenters. The second-order valence-electron chi connectivity index (χ2n) is 6.93. The van der Waals surface area contributed by atoms with E-state index in [2.05, 4.69) is 20.3 Å². The first-order chi connectivity index (χ1) is 13.0. The number of hydrogen-bond donors (Lipinski definition) is 3. The van der Waals surface area contributed by atoms with E-state index in [4.69, 9.17) is 0 Å². The molecule has 2 aromatic heterocycles. The summed E-state index contributed by atoms with van der Waals surface area (Å²) in [4.78, 5) is 35.6. The highest BCUT2D eigenvalue weighted by molar-refractivity contribution is 6.06. The number of carbonyl (C=O) groups is 1. The van der Waals surface area contributed by atoms with Crippen LogP contribution in [0.4, 0.5) is 0 Å². The van der Waals surface area contributed by atoms with Crippen molar-refractivity contribution in [2.45, 2.75) is 19.9 Å². The Bertz CT molecular complexity index is 1160. The Morgan fingerprint density at radius 3 is 2.44 bits per heavy atom. The van der Waals surface area contributed by atoms with Gasteiger partial charge >= 0.3 is 0 Å². The molecule has 0 aliphatic heterocycles. The maximum atomic E-state index is 13.0. The lowest BCUT2D eigenvalue weighted by Crippen LogP contribution is -2.33. The summed E-state index contributed by atoms with van der Waals surface area (Å²) in [7, 11) is 0. The minimum atomic E-state index is -0.303. The summed E-state index contributed by atoms with van der Waals surface area (Å²) in [6.07, 6.45) is 0. The molecule has 6 nitrogen and oxygen atoms in total. The molecule has 4 rings (SSSR count). The van der Waals surface area contributed by atoms with Gasteiger partial charge in [0, 0.05) is 17.0 Å². The highest BCUT2D eigenvalue weighted by atomic mass is 16.2. The van der Waals surface area contributed by atoms with Crippen LogP contribution in [0.5, 0.6) is 0 Å². The maximum Gasteiger partial charge on any atom is 0.252 e. The minimum absolute atomic E-state index is 0.114. The predicted octanol–water partition coefficient (Wildman–Crippen LogP) is 3.53. The molecule has 0 fully saturated rings. The summed E-state index contributed by atoms with van der Waals surface area (Å²) in [5.74, 6) is 0.521. The monoisotopic (exact) mass is 360 g/mol. The third-order valence-electron chi connectivity index (χ3n) is 4.65. The van der Waals surface area contributed by atoms with Crippen molar-refractivity contribution >= 4 is 27.8 Å². The van der Waals surface area contributed by atoms with Crippen molar-refractivity contribution in [3.8, 4) is 0 Å². The number of nitrogens with one attached hydrogen (secondary N) is 3. The molecular formula is C21H20N4O2. The van der Waals surface area contributed by atoms with E-state index in [0.717, 1.165) is 11.0 Å². The third-order valence-corrected chi connectivity index (χ3v) is 4.65. The molecule has 27 heavy (non-hydrogen) atoms. The van der Waals surface area contributed by atoms with Crippen LogP contribution in [-0.2, 0) is 0 Å². The van der Waals surface area contributed by atoms with Crippen LogP contribution in [0, 0.1) is 5.92 Å². The molecule has 1 atom stereocenters. The number of para-hydroxylation sites is 3. The van der Waals surface area contributed by atoms with Crippen LogP contribution < -0.4 is 10.9 Å². The number of hydrogen-bond acceptors (Lipinski definition) is 3. The molecule has 2 heterocycles. The number of aromatic nitrogens is 3. The summed E-state index contributed by atoms with van der Waals surface area (Å²) in [6.45, 7) is 4.04. The van der Waals surface area contributed by atoms with Crippen molar-refractivity contribution in [3.63, 3.8) is 0 Å². The van der Waals surface area contributed by atoms with Gasteiger partial charge in [0.2, 0.25) is 5.56 Å². The number of fused-ring (bicyclic) bond motifs is 2. The molecule has 0 saturated carbocycles. The summed E-state index contributed by atoms with van der Waals surface area (Å²) in [5, 5.41) is 3.75. The zero-order chi connectivity index (χ0) is 19.0. The summed E-state index contributed by atoms with van der Waals surface area (Å²) >= 11 is 0. The van der Waals surface area contributed by atoms with Gasteiger partial charge in [0.1, 0.15) is 5.82 Å². The molecule has 0 aliphatic rings. The quantitative estimate of drug-likeness (QED) is 0.520. The number of benzene rings is 2. The lowest BCUT2D eigenvalue weighted by atomic mass is 10.0. The number of imidazole rings is 1. The molecule has 0 bridgehead atoms. The fourth-order valence-corrected chi connectivity index (χ4v) is 3.28. The highest BCUT2D eigenvalue weighted by Gasteiger charge is 2.23. The number of carbonyl (C=O) groups excluding carboxylic acids is 1. The SMILES string of the molecule is CC(C)[C@H](NC(=O)c1cc(=O)[nH]c2ccccc12)c1nc2ccccc2[nH]1. The van der Waals surface area contributed by atoms with E-state index < -0.39 is 0 Å². The first-order valence-corrected chi connectivity index (χ1v) is 8.90. The van der Waals surface area contributed by atoms with Gasteiger partial charge in [0.15, 0.2) is 0 Å². The van der Waals surface area contributed by atoms with Crippen molar-refractivity contribution in [2.75, 3.05) is 0 Å². The molecule has 0 spiro atoms. The average Bonchev–Trinajstić information content (AvgIpc) is 3.08. The van der Waals surface area contributed by atoms with E-state index >= 15 is 0 Å². The van der Waals surface area contributed by atoms with Crippen LogP contribution in [-0.4, -0.2) is 20.9 Å². The van der Waals surface area contributed by atoms with Gasteiger partial charge < -0.3 is 15.3 Å². The zero-order valence-electron chi connectivity index (χ0n) is 15.1. The van der Waals surface area contributed by atoms with Crippen LogP contribution in [0.2, 0.25) is 0 Å². The van der Waals surface area contributed by atoms with Gasteiger partial charge in [0.05, 0.1) is 22.6 Å². The Hall–Kier alpha value is -3.41. The van der Waals surface area contributed by atoms with E-state index in [1.165, 1.54) is 6.07 Å². The Kier molecular flexibility index (Phi) is 4.24. The molecule has 0 aliphatic carbocycles. The molecule has 2 aromatic carbocycles. The number of amides is 1. The molecule has 1 amide bonds. The van der Waals surface area contributed by atoms with Gasteiger partial charge in [0.25, 0.3) is 5.91 Å². The molecule has 0 saturated heterocycles. The van der Waals surface area contributed by atoms with Gasteiger partial charge in [-0.25, -0.2) is 4.98 Å². The third kappa shape index (κ3) is 3.21. The fourth-order valence-electron chi connectivity index (χ4n) is 3.28. The standard InChI is InChI=1S/C21H20N4O2/c1-12(2)19(20-23-16-9-5-6-10-17(16)24-20)25-21(27)14-11-18(26)22-15-8-4-3-7-13(14)15/h3-12,19H,1-2H3,(H,22,26)(H,23,24)(H,25,27)/t19-/m0/s1. The molecule has 4 aromatic rings. The second kappa shape index (κ2) is 6.72. The first-order valence-electron chi connectivity index (χ1n) is 8.90. The Labute approximate surface area is 155 Å². The smallest absolute Gasteiger partial charge is 0.252 e. The van der Waals surface area contributed by atoms with E-state index in [1.807, 2.05) is 56.3 Å². The van der Waals surface area contributed by atoms with Crippen LogP contribution >= 0.6 is 0 Å². The van der Waals surface area contributed by atoms with E-state index in [-0.39, 0.29) is 23.4 Å². The van der Waals surface area contributed by atoms with Gasteiger partial charge in [-0.2, -0.15) is 0 Å². The Balaban J connectivity index is 1.72. The van der Waals surface area contributed by atoms with Crippen molar-refractivity contribution in [1.82, 2.24) is 20.3 Å². The fraction of sp³-hybridized carbons (Fsp3) is 0.190. The lowest BCUT2D eigenvalue weighted by Gasteiger charge is -2.20. The number of H-pyrrole nitrogens is 2. The molecule has 136 valence electrons. The van der Waals surface area contributed by atoms with E-state index in [0.29, 0.717) is 22.3 Å². The molecule has 3 N–H and O–H groups in total. The highest BCUT2D eigenvalue weighted by Crippen LogP contribution is 2.23. The Morgan fingerprint density at radius 1 is 1.00 bits per heavy atom. The Morgan fingerprint density at radius 2 is 1.70 bits per heavy atom. The largest absolute Gasteiger partial charge is 0.342 e. The van der Waals surface area contributed by atoms with Crippen molar-refractivity contribution in [3.05, 3.63) is 76.3 Å². The number of aromatic amines is 2. The van der Waals surface area contributed by atoms with Crippen molar-refractivity contribution in [2.24, 2.45) is 5.92 Å². The number of nitrogens with zero attached hydrogens (tertiary/aromatic N) is 1. The molecule has 6 heteroatoms. The van der Waals surface area contributed by atoms with Crippen molar-refractivity contribution in [1.29, 1.82) is 0 Å². The van der Waals surface area contributed by atoms with Gasteiger partial charge in [-0.15, -0.1) is 0 Å². The van der Waals surface area contributed by atoms with Crippen molar-refractivity contribution < 1.29 is 4.79 Å². The molecule has 0 radical (unpaired) electrons. The topological polar surface area (TPSA) is 90.6 Å². The summed E-state index contributed by atoms with van der Waals surface area (Å²) in [5.41, 5.74) is 2.47. The maximum absolute atomic E-state index is 13.0. The zero-order valence-corrected chi connectivity index (χ0v) is 15.1. The van der Waals surface area contributed by atoms with Crippen LogP contribution in [0.15, 0.2) is 59.4 Å². The second-order valence-corrected chi connectivity index (χ2v) is 6.93. The van der Waals surface area contributed by atoms with E-state index in [1.54, 1.807) is 6.07 Å². The minimum Gasteiger partial charge on any atom is -0.342 e. The number of rotatable bonds is 4. The average molecular weight is 360 g/mol. The predicted molar refractivity (Wildman–Crippen MR) is 106 cm³/mol. The number of pyridine rings is 1. The van der Waals surface area contributed by atoms with Crippen LogP contribution in [0.3, 0.4) is 0 Å². The lowest BCUT2D eigenvalue weighted by molar-refractivity contribution is 0.0925. The van der Waals surface area contributed by atoms with Crippen LogP contribution in [0.1, 0.15) is 36.1 Å². The molecular weight excluding hydrogens is 340 g/mol. The normalized spacial score (nSPS) is 12.6. The van der Waals surface area contributed by atoms with Gasteiger partial charge in [-0.05, 0) is 24.1 Å². The van der Waals surface area contributed by atoms with E-state index in [9.17, 15) is 9.59 Å².